The first-order valence-corrected chi connectivity index (χ1v) is 6.36. The lowest BCUT2D eigenvalue weighted by atomic mass is 10.0. The Bertz CT molecular complexity index is 338. The summed E-state index contributed by atoms with van der Waals surface area (Å²) in [5, 5.41) is 6.89. The number of ether oxygens (including phenoxy) is 1. The lowest BCUT2D eigenvalue weighted by Gasteiger charge is -2.18. The molecule has 0 radical (unpaired) electrons. The summed E-state index contributed by atoms with van der Waals surface area (Å²) < 4.78 is 11.0. The maximum absolute atomic E-state index is 5.51. The van der Waals surface area contributed by atoms with E-state index in [-0.39, 0.29) is 0 Å². The molecule has 0 spiro atoms. The van der Waals surface area contributed by atoms with Crippen LogP contribution >= 0.6 is 0 Å². The molecule has 2 unspecified atom stereocenters. The van der Waals surface area contributed by atoms with Gasteiger partial charge in [0.05, 0.1) is 19.8 Å². The highest BCUT2D eigenvalue weighted by Crippen LogP contribution is 2.13. The van der Waals surface area contributed by atoms with E-state index in [1.165, 1.54) is 0 Å². The predicted octanol–water partition coefficient (Wildman–Crippen LogP) is 1.30. The maximum atomic E-state index is 5.51. The van der Waals surface area contributed by atoms with Crippen molar-refractivity contribution in [2.45, 2.75) is 26.4 Å². The number of furan rings is 1. The van der Waals surface area contributed by atoms with Crippen LogP contribution in [0, 0.1) is 12.8 Å². The van der Waals surface area contributed by atoms with E-state index in [0.717, 1.165) is 44.4 Å². The number of hydrogen-bond acceptors (Lipinski definition) is 4. The van der Waals surface area contributed by atoms with E-state index in [0.29, 0.717) is 12.0 Å². The molecule has 96 valence electrons. The van der Waals surface area contributed by atoms with Crippen LogP contribution in [0.15, 0.2) is 16.5 Å². The van der Waals surface area contributed by atoms with Crippen LogP contribution in [0.5, 0.6) is 0 Å². The molecule has 1 aliphatic rings. The van der Waals surface area contributed by atoms with Crippen LogP contribution < -0.4 is 10.6 Å². The maximum Gasteiger partial charge on any atom is 0.117 e. The molecule has 2 atom stereocenters. The van der Waals surface area contributed by atoms with Gasteiger partial charge in [0, 0.05) is 18.5 Å². The molecule has 0 saturated carbocycles. The van der Waals surface area contributed by atoms with Crippen molar-refractivity contribution in [1.29, 1.82) is 0 Å². The van der Waals surface area contributed by atoms with Crippen molar-refractivity contribution in [1.82, 2.24) is 10.6 Å². The van der Waals surface area contributed by atoms with Crippen molar-refractivity contribution < 1.29 is 9.15 Å². The Morgan fingerprint density at radius 2 is 2.24 bits per heavy atom. The number of likely N-dealkylation sites (N-methyl/N-ethyl adjacent to an activating group) is 1. The van der Waals surface area contributed by atoms with E-state index in [4.69, 9.17) is 9.15 Å². The van der Waals surface area contributed by atoms with Gasteiger partial charge in [-0.3, -0.25) is 0 Å². The molecular weight excluding hydrogens is 216 g/mol. The molecule has 1 aliphatic heterocycles. The summed E-state index contributed by atoms with van der Waals surface area (Å²) >= 11 is 0. The molecule has 4 heteroatoms. The molecule has 0 aromatic carbocycles. The van der Waals surface area contributed by atoms with Gasteiger partial charge in [-0.2, -0.15) is 0 Å². The minimum atomic E-state index is 0.492. The fourth-order valence-electron chi connectivity index (χ4n) is 2.25. The Balaban J connectivity index is 1.70. The summed E-state index contributed by atoms with van der Waals surface area (Å²) in [6, 6.07) is 4.51. The van der Waals surface area contributed by atoms with Crippen LogP contribution in [0.1, 0.15) is 18.4 Å². The van der Waals surface area contributed by atoms with E-state index >= 15 is 0 Å². The highest BCUT2D eigenvalue weighted by molar-refractivity contribution is 5.05. The Kier molecular flexibility index (Phi) is 4.59. The Hall–Kier alpha value is -0.840. The molecule has 1 aromatic heterocycles. The zero-order chi connectivity index (χ0) is 12.1. The molecule has 0 amide bonds. The summed E-state index contributed by atoms with van der Waals surface area (Å²) in [5.41, 5.74) is 0. The van der Waals surface area contributed by atoms with Gasteiger partial charge in [-0.05, 0) is 25.6 Å². The van der Waals surface area contributed by atoms with Crippen molar-refractivity contribution >= 4 is 0 Å². The zero-order valence-electron chi connectivity index (χ0n) is 10.7. The normalized spacial score (nSPS) is 24.4. The molecule has 0 bridgehead atoms. The van der Waals surface area contributed by atoms with E-state index in [1.54, 1.807) is 0 Å². The summed E-state index contributed by atoms with van der Waals surface area (Å²) in [6.07, 6.45) is 0. The van der Waals surface area contributed by atoms with Crippen LogP contribution in [-0.4, -0.2) is 32.3 Å². The van der Waals surface area contributed by atoms with E-state index in [2.05, 4.69) is 17.6 Å². The standard InChI is InChI=1S/C13H22N2O2/c1-3-15-13-9-16-8-11(13)6-14-7-12-5-4-10(2)17-12/h4-5,11,13-15H,3,6-9H2,1-2H3. The third-order valence-corrected chi connectivity index (χ3v) is 3.17. The predicted molar refractivity (Wildman–Crippen MR) is 66.9 cm³/mol. The molecule has 0 aliphatic carbocycles. The van der Waals surface area contributed by atoms with E-state index in [1.807, 2.05) is 19.1 Å². The smallest absolute Gasteiger partial charge is 0.117 e. The van der Waals surface area contributed by atoms with E-state index in [9.17, 15) is 0 Å². The molecule has 1 fully saturated rings. The van der Waals surface area contributed by atoms with Crippen molar-refractivity contribution in [2.24, 2.45) is 5.92 Å². The third-order valence-electron chi connectivity index (χ3n) is 3.17. The zero-order valence-corrected chi connectivity index (χ0v) is 10.7. The molecule has 1 saturated heterocycles. The van der Waals surface area contributed by atoms with Gasteiger partial charge in [0.15, 0.2) is 0 Å². The first-order chi connectivity index (χ1) is 8.29. The highest BCUT2D eigenvalue weighted by atomic mass is 16.5. The second-order valence-corrected chi connectivity index (χ2v) is 4.60. The number of hydrogen-bond donors (Lipinski definition) is 2. The first-order valence-electron chi connectivity index (χ1n) is 6.36. The van der Waals surface area contributed by atoms with Gasteiger partial charge >= 0.3 is 0 Å². The SMILES string of the molecule is CCNC1COCC1CNCc1ccc(C)o1. The van der Waals surface area contributed by atoms with Gasteiger partial charge in [0.25, 0.3) is 0 Å². The molecule has 2 rings (SSSR count). The number of rotatable bonds is 6. The molecular formula is C13H22N2O2. The van der Waals surface area contributed by atoms with Gasteiger partial charge in [-0.1, -0.05) is 6.92 Å². The monoisotopic (exact) mass is 238 g/mol. The lowest BCUT2D eigenvalue weighted by molar-refractivity contribution is 0.182. The minimum absolute atomic E-state index is 0.492. The Morgan fingerprint density at radius 3 is 2.94 bits per heavy atom. The summed E-state index contributed by atoms with van der Waals surface area (Å²) in [6.45, 7) is 8.55. The van der Waals surface area contributed by atoms with Crippen LogP contribution in [-0.2, 0) is 11.3 Å². The fourth-order valence-corrected chi connectivity index (χ4v) is 2.25. The number of nitrogens with one attached hydrogen (secondary N) is 2. The highest BCUT2D eigenvalue weighted by Gasteiger charge is 2.26. The fraction of sp³-hybridized carbons (Fsp3) is 0.692. The van der Waals surface area contributed by atoms with Crippen molar-refractivity contribution in [3.63, 3.8) is 0 Å². The van der Waals surface area contributed by atoms with Crippen LogP contribution in [0.2, 0.25) is 0 Å². The average Bonchev–Trinajstić information content (AvgIpc) is 2.90. The Morgan fingerprint density at radius 1 is 1.35 bits per heavy atom. The number of aryl methyl sites for hydroxylation is 1. The van der Waals surface area contributed by atoms with Crippen LogP contribution in [0.3, 0.4) is 0 Å². The van der Waals surface area contributed by atoms with Crippen LogP contribution in [0.4, 0.5) is 0 Å². The van der Waals surface area contributed by atoms with Gasteiger partial charge in [0.2, 0.25) is 0 Å². The largest absolute Gasteiger partial charge is 0.465 e. The van der Waals surface area contributed by atoms with Crippen molar-refractivity contribution in [2.75, 3.05) is 26.3 Å². The van der Waals surface area contributed by atoms with Crippen molar-refractivity contribution in [3.8, 4) is 0 Å². The summed E-state index contributed by atoms with van der Waals surface area (Å²) in [4.78, 5) is 0. The molecule has 1 aromatic rings. The molecule has 17 heavy (non-hydrogen) atoms. The quantitative estimate of drug-likeness (QED) is 0.784. The topological polar surface area (TPSA) is 46.4 Å². The molecule has 4 nitrogen and oxygen atoms in total. The summed E-state index contributed by atoms with van der Waals surface area (Å²) in [7, 11) is 0. The third kappa shape index (κ3) is 3.56. The van der Waals surface area contributed by atoms with Gasteiger partial charge in [-0.25, -0.2) is 0 Å². The van der Waals surface area contributed by atoms with E-state index < -0.39 is 0 Å². The first kappa shape index (κ1) is 12.6. The second-order valence-electron chi connectivity index (χ2n) is 4.60. The summed E-state index contributed by atoms with van der Waals surface area (Å²) in [5.74, 6) is 2.53. The lowest BCUT2D eigenvalue weighted by Crippen LogP contribution is -2.40. The van der Waals surface area contributed by atoms with Gasteiger partial charge in [-0.15, -0.1) is 0 Å². The average molecular weight is 238 g/mol. The van der Waals surface area contributed by atoms with Crippen molar-refractivity contribution in [3.05, 3.63) is 23.7 Å². The van der Waals surface area contributed by atoms with Gasteiger partial charge in [0.1, 0.15) is 11.5 Å². The second kappa shape index (κ2) is 6.19. The minimum Gasteiger partial charge on any atom is -0.465 e. The molecule has 2 N–H and O–H groups in total. The Labute approximate surface area is 103 Å². The van der Waals surface area contributed by atoms with Gasteiger partial charge < -0.3 is 19.8 Å². The molecule has 2 heterocycles. The van der Waals surface area contributed by atoms with Crippen LogP contribution in [0.25, 0.3) is 0 Å².